The summed E-state index contributed by atoms with van der Waals surface area (Å²) in [4.78, 5) is 34.4. The highest BCUT2D eigenvalue weighted by Crippen LogP contribution is 2.32. The van der Waals surface area contributed by atoms with E-state index in [2.05, 4.69) is 37.6 Å². The molecule has 0 fully saturated rings. The van der Waals surface area contributed by atoms with E-state index < -0.39 is 11.7 Å². The first-order valence-corrected chi connectivity index (χ1v) is 12.0. The third kappa shape index (κ3) is 5.49. The van der Waals surface area contributed by atoms with Gasteiger partial charge in [0.05, 0.1) is 40.6 Å². The molecule has 0 saturated carbocycles. The molecule has 0 radical (unpaired) electrons. The molecule has 0 bridgehead atoms. The average Bonchev–Trinajstić information content (AvgIpc) is 3.36. The summed E-state index contributed by atoms with van der Waals surface area (Å²) in [6.07, 6.45) is 14.1. The van der Waals surface area contributed by atoms with E-state index in [-0.39, 0.29) is 11.6 Å². The van der Waals surface area contributed by atoms with Gasteiger partial charge in [0, 0.05) is 36.4 Å². The van der Waals surface area contributed by atoms with Crippen LogP contribution >= 0.6 is 0 Å². The zero-order valence-corrected chi connectivity index (χ0v) is 21.0. The number of amides is 2. The minimum atomic E-state index is -0.454. The largest absolute Gasteiger partial charge is 0.366 e. The maximum absolute atomic E-state index is 13.4. The Morgan fingerprint density at radius 2 is 2.05 bits per heavy atom. The zero-order chi connectivity index (χ0) is 27.4. The molecule has 3 N–H and O–H groups in total. The van der Waals surface area contributed by atoms with E-state index in [9.17, 15) is 14.0 Å². The van der Waals surface area contributed by atoms with Crippen molar-refractivity contribution in [3.05, 3.63) is 126 Å². The summed E-state index contributed by atoms with van der Waals surface area (Å²) in [6.45, 7) is 5.43. The summed E-state index contributed by atoms with van der Waals surface area (Å²) in [7, 11) is 0. The molecular weight excluding hydrogens is 497 g/mol. The smallest absolute Gasteiger partial charge is 0.259 e. The third-order valence-corrected chi connectivity index (χ3v) is 5.92. The lowest BCUT2D eigenvalue weighted by Gasteiger charge is -2.20. The number of carbonyl (C=O) groups is 2. The molecule has 0 unspecified atom stereocenters. The van der Waals surface area contributed by atoms with Gasteiger partial charge in [-0.2, -0.15) is 5.10 Å². The number of nitrogens with zero attached hydrogens (tertiary/aromatic N) is 4. The van der Waals surface area contributed by atoms with Crippen LogP contribution in [-0.4, -0.2) is 37.9 Å². The lowest BCUT2D eigenvalue weighted by molar-refractivity contribution is 0.0965. The van der Waals surface area contributed by atoms with Gasteiger partial charge in [-0.25, -0.2) is 13.9 Å². The minimum absolute atomic E-state index is 0.268. The number of pyridine rings is 3. The number of hydrogen-bond acceptors (Lipinski definition) is 6. The molecule has 39 heavy (non-hydrogen) atoms. The summed E-state index contributed by atoms with van der Waals surface area (Å²) in [5.74, 6) is -0.587. The van der Waals surface area contributed by atoms with E-state index >= 15 is 0 Å². The first-order valence-electron chi connectivity index (χ1n) is 12.0. The van der Waals surface area contributed by atoms with Crippen LogP contribution in [0.4, 0.5) is 15.9 Å². The van der Waals surface area contributed by atoms with Crippen LogP contribution in [0.1, 0.15) is 38.8 Å². The second-order valence-electron chi connectivity index (χ2n) is 8.66. The summed E-state index contributed by atoms with van der Waals surface area (Å²) in [6, 6.07) is 8.98. The Hall–Kier alpha value is -5.38. The summed E-state index contributed by atoms with van der Waals surface area (Å²) in [5.41, 5.74) is 4.54. The van der Waals surface area contributed by atoms with Crippen molar-refractivity contribution in [1.29, 1.82) is 0 Å². The van der Waals surface area contributed by atoms with Gasteiger partial charge in [0.15, 0.2) is 0 Å². The first kappa shape index (κ1) is 25.3. The van der Waals surface area contributed by atoms with E-state index in [0.717, 1.165) is 11.1 Å². The van der Waals surface area contributed by atoms with Crippen LogP contribution in [-0.2, 0) is 0 Å². The Labute approximate surface area is 223 Å². The Kier molecular flexibility index (Phi) is 7.09. The summed E-state index contributed by atoms with van der Waals surface area (Å²) in [5, 5.41) is 13.0. The maximum atomic E-state index is 13.4. The Bertz CT molecular complexity index is 1680. The van der Waals surface area contributed by atoms with E-state index in [1.165, 1.54) is 37.5 Å². The van der Waals surface area contributed by atoms with Crippen molar-refractivity contribution in [1.82, 2.24) is 24.9 Å². The fourth-order valence-corrected chi connectivity index (χ4v) is 4.20. The molecule has 9 nitrogen and oxygen atoms in total. The normalized spacial score (nSPS) is 13.2. The number of fused-ring (bicyclic) bond motifs is 2. The Morgan fingerprint density at radius 1 is 1.18 bits per heavy atom. The summed E-state index contributed by atoms with van der Waals surface area (Å²) >= 11 is 0. The van der Waals surface area contributed by atoms with Crippen LogP contribution in [0.15, 0.2) is 104 Å². The zero-order valence-electron chi connectivity index (χ0n) is 21.0. The number of aromatic nitrogens is 4. The van der Waals surface area contributed by atoms with Crippen molar-refractivity contribution >= 4 is 34.4 Å². The van der Waals surface area contributed by atoms with Gasteiger partial charge in [0.25, 0.3) is 11.8 Å². The van der Waals surface area contributed by atoms with E-state index in [1.54, 1.807) is 41.3 Å². The van der Waals surface area contributed by atoms with Gasteiger partial charge in [-0.15, -0.1) is 0 Å². The maximum Gasteiger partial charge on any atom is 0.259 e. The number of anilines is 2. The molecule has 1 aliphatic rings. The minimum Gasteiger partial charge on any atom is -0.366 e. The van der Waals surface area contributed by atoms with Crippen molar-refractivity contribution in [2.45, 2.75) is 6.92 Å². The molecule has 2 amide bonds. The summed E-state index contributed by atoms with van der Waals surface area (Å²) < 4.78 is 15.1. The van der Waals surface area contributed by atoms with Crippen molar-refractivity contribution in [3.63, 3.8) is 0 Å². The third-order valence-electron chi connectivity index (χ3n) is 5.92. The van der Waals surface area contributed by atoms with Gasteiger partial charge >= 0.3 is 0 Å². The number of rotatable bonds is 7. The molecular formula is C29H24FN7O2. The Balaban J connectivity index is 1.47. The van der Waals surface area contributed by atoms with Crippen LogP contribution in [0.3, 0.4) is 0 Å². The SMILES string of the molecule is C=C/C=C(\C=C(/C)F)NC(=O)c1cnc2c(c1)C(c1ccn3ncc(C(=O)Nc4cccnc4)c3c1)=CCN2. The molecule has 5 rings (SSSR count). The van der Waals surface area contributed by atoms with Gasteiger partial charge in [-0.1, -0.05) is 18.7 Å². The fraction of sp³-hybridized carbons (Fsp3) is 0.0690. The monoisotopic (exact) mass is 521 g/mol. The molecule has 10 heteroatoms. The molecule has 0 aromatic carbocycles. The molecule has 0 atom stereocenters. The topological polar surface area (TPSA) is 113 Å². The molecule has 5 heterocycles. The van der Waals surface area contributed by atoms with E-state index in [0.29, 0.717) is 40.3 Å². The predicted octanol–water partition coefficient (Wildman–Crippen LogP) is 4.91. The number of allylic oxidation sites excluding steroid dienone is 4. The molecule has 4 aromatic heterocycles. The van der Waals surface area contributed by atoms with Gasteiger partial charge in [0.2, 0.25) is 0 Å². The van der Waals surface area contributed by atoms with Gasteiger partial charge < -0.3 is 16.0 Å². The highest BCUT2D eigenvalue weighted by Gasteiger charge is 2.20. The fourth-order valence-electron chi connectivity index (χ4n) is 4.20. The van der Waals surface area contributed by atoms with Crippen LogP contribution in [0, 0.1) is 0 Å². The molecule has 0 saturated heterocycles. The van der Waals surface area contributed by atoms with E-state index in [1.807, 2.05) is 18.2 Å². The number of carbonyl (C=O) groups excluding carboxylic acids is 2. The van der Waals surface area contributed by atoms with Crippen LogP contribution < -0.4 is 16.0 Å². The lowest BCUT2D eigenvalue weighted by Crippen LogP contribution is -2.23. The first-order chi connectivity index (χ1) is 18.9. The van der Waals surface area contributed by atoms with Crippen LogP contribution in [0.25, 0.3) is 11.1 Å². The van der Waals surface area contributed by atoms with Gasteiger partial charge in [0.1, 0.15) is 5.82 Å². The molecule has 1 aliphatic heterocycles. The number of halogens is 1. The second kappa shape index (κ2) is 10.9. The van der Waals surface area contributed by atoms with Gasteiger partial charge in [-0.3, -0.25) is 14.6 Å². The number of nitrogens with one attached hydrogen (secondary N) is 3. The second-order valence-corrected chi connectivity index (χ2v) is 8.66. The highest BCUT2D eigenvalue weighted by molar-refractivity contribution is 6.09. The van der Waals surface area contributed by atoms with Gasteiger partial charge in [-0.05, 0) is 60.5 Å². The molecule has 4 aromatic rings. The molecule has 0 spiro atoms. The van der Waals surface area contributed by atoms with Crippen molar-refractivity contribution in [3.8, 4) is 0 Å². The number of hydrogen-bond donors (Lipinski definition) is 3. The molecule has 0 aliphatic carbocycles. The van der Waals surface area contributed by atoms with Crippen LogP contribution in [0.5, 0.6) is 0 Å². The Morgan fingerprint density at radius 3 is 2.82 bits per heavy atom. The van der Waals surface area contributed by atoms with Crippen molar-refractivity contribution in [2.24, 2.45) is 0 Å². The van der Waals surface area contributed by atoms with Crippen LogP contribution in [0.2, 0.25) is 0 Å². The van der Waals surface area contributed by atoms with Crippen molar-refractivity contribution < 1.29 is 14.0 Å². The standard InChI is InChI=1S/C29H24FN7O2/c1-3-5-21(12-18(2)30)35-28(38)20-13-24-23(7-10-32-27(24)33-15-20)19-8-11-37-26(14-19)25(17-34-37)29(39)36-22-6-4-9-31-16-22/h3-9,11-17H,1,10H2,2H3,(H,32,33)(H,35,38)(H,36,39)/b18-12+,21-5+. The highest BCUT2D eigenvalue weighted by atomic mass is 19.1. The molecule has 194 valence electrons. The average molecular weight is 522 g/mol. The van der Waals surface area contributed by atoms with E-state index in [4.69, 9.17) is 0 Å². The van der Waals surface area contributed by atoms with Crippen molar-refractivity contribution in [2.75, 3.05) is 17.2 Å². The lowest BCUT2D eigenvalue weighted by atomic mass is 9.95. The predicted molar refractivity (Wildman–Crippen MR) is 148 cm³/mol. The quantitative estimate of drug-likeness (QED) is 0.298.